The fraction of sp³-hybridized carbons (Fsp3) is 0.577. The van der Waals surface area contributed by atoms with Crippen LogP contribution in [0.3, 0.4) is 0 Å². The van der Waals surface area contributed by atoms with Crippen LogP contribution in [-0.2, 0) is 24.7 Å². The number of amides is 2. The Kier molecular flexibility index (Phi) is 7.47. The van der Waals surface area contributed by atoms with E-state index in [9.17, 15) is 27.2 Å². The van der Waals surface area contributed by atoms with Crippen molar-refractivity contribution in [3.8, 4) is 0 Å². The second kappa shape index (κ2) is 11.1. The summed E-state index contributed by atoms with van der Waals surface area (Å²) in [5, 5.41) is 21.2. The van der Waals surface area contributed by atoms with E-state index < -0.39 is 24.7 Å². The molecule has 3 heterocycles. The van der Waals surface area contributed by atoms with Gasteiger partial charge in [-0.15, -0.1) is 21.5 Å². The van der Waals surface area contributed by atoms with Crippen LogP contribution < -0.4 is 16.0 Å². The number of aromatic nitrogens is 5. The molecule has 2 fully saturated rings. The lowest BCUT2D eigenvalue weighted by atomic mass is 9.83. The highest BCUT2D eigenvalue weighted by Crippen LogP contribution is 2.43. The number of anilines is 3. The van der Waals surface area contributed by atoms with Gasteiger partial charge in [0.05, 0.1) is 5.56 Å². The third-order valence-electron chi connectivity index (χ3n) is 8.21. The van der Waals surface area contributed by atoms with E-state index in [-0.39, 0.29) is 42.3 Å². The molecule has 0 unspecified atom stereocenters. The molecule has 3 aromatic heterocycles. The minimum Gasteiger partial charge on any atom is -0.352 e. The average molecular weight is 595 g/mol. The van der Waals surface area contributed by atoms with Crippen LogP contribution in [0, 0.1) is 11.8 Å². The number of nitrogens with zero attached hydrogens (tertiary/aromatic N) is 5. The molecule has 6 rings (SSSR count). The van der Waals surface area contributed by atoms with Crippen molar-refractivity contribution in [1.29, 1.82) is 0 Å². The maximum Gasteiger partial charge on any atom is 0.282 e. The third-order valence-corrected chi connectivity index (χ3v) is 9.42. The van der Waals surface area contributed by atoms with Gasteiger partial charge in [0, 0.05) is 36.5 Å². The lowest BCUT2D eigenvalue weighted by Crippen LogP contribution is -2.38. The molecule has 10 nitrogen and oxygen atoms in total. The van der Waals surface area contributed by atoms with Crippen molar-refractivity contribution < 1.29 is 27.2 Å². The van der Waals surface area contributed by atoms with E-state index in [1.807, 2.05) is 0 Å². The second-order valence-electron chi connectivity index (χ2n) is 11.1. The summed E-state index contributed by atoms with van der Waals surface area (Å²) in [5.41, 5.74) is 0.819. The van der Waals surface area contributed by atoms with Crippen LogP contribution in [0.4, 0.5) is 34.3 Å². The summed E-state index contributed by atoms with van der Waals surface area (Å²) < 4.78 is 56.1. The molecule has 1 atom stereocenters. The fourth-order valence-corrected chi connectivity index (χ4v) is 6.93. The summed E-state index contributed by atoms with van der Waals surface area (Å²) in [5.74, 6) is -0.319. The minimum atomic E-state index is -2.71. The van der Waals surface area contributed by atoms with Gasteiger partial charge in [-0.25, -0.2) is 17.6 Å². The summed E-state index contributed by atoms with van der Waals surface area (Å²) in [6.45, 7) is 0.345. The molecule has 0 saturated heterocycles. The number of rotatable bonds is 9. The zero-order chi connectivity index (χ0) is 28.8. The lowest BCUT2D eigenvalue weighted by Gasteiger charge is -2.30. The fourth-order valence-electron chi connectivity index (χ4n) is 5.68. The van der Waals surface area contributed by atoms with Gasteiger partial charge in [0.1, 0.15) is 35.2 Å². The SMILES string of the molecule is Cn1nc(C(F)F)cc1Nc1nncn1[C@H]1CCc2sc(NC(=O)[C@H]3C[C@@H](F)C3)c(C(=O)NC[C@H]3C[C@H](F)C3)c2C1. The molecule has 0 bridgehead atoms. The monoisotopic (exact) mass is 594 g/mol. The van der Waals surface area contributed by atoms with Gasteiger partial charge in [-0.3, -0.25) is 18.8 Å². The summed E-state index contributed by atoms with van der Waals surface area (Å²) >= 11 is 1.35. The Labute approximate surface area is 236 Å². The summed E-state index contributed by atoms with van der Waals surface area (Å²) in [4.78, 5) is 27.3. The van der Waals surface area contributed by atoms with Gasteiger partial charge in [0.2, 0.25) is 11.9 Å². The Balaban J connectivity index is 1.24. The molecule has 0 aliphatic heterocycles. The van der Waals surface area contributed by atoms with Gasteiger partial charge in [0.25, 0.3) is 12.3 Å². The minimum absolute atomic E-state index is 0.0777. The van der Waals surface area contributed by atoms with Crippen molar-refractivity contribution in [3.63, 3.8) is 0 Å². The van der Waals surface area contributed by atoms with Crippen molar-refractivity contribution in [3.05, 3.63) is 34.1 Å². The molecule has 15 heteroatoms. The Morgan fingerprint density at radius 1 is 1.17 bits per heavy atom. The highest BCUT2D eigenvalue weighted by molar-refractivity contribution is 7.17. The Hall–Kier alpha value is -3.49. The first kappa shape index (κ1) is 27.7. The van der Waals surface area contributed by atoms with Crippen molar-refractivity contribution in [2.45, 2.75) is 69.8 Å². The summed E-state index contributed by atoms with van der Waals surface area (Å²) in [6, 6.07) is 1.09. The summed E-state index contributed by atoms with van der Waals surface area (Å²) in [6.07, 6.45) is -0.0442. The van der Waals surface area contributed by atoms with Gasteiger partial charge in [0.15, 0.2) is 0 Å². The van der Waals surface area contributed by atoms with E-state index in [0.717, 1.165) is 10.4 Å². The van der Waals surface area contributed by atoms with Gasteiger partial charge in [-0.05, 0) is 56.4 Å². The van der Waals surface area contributed by atoms with E-state index in [4.69, 9.17) is 0 Å². The number of halogens is 4. The quantitative estimate of drug-likeness (QED) is 0.311. The van der Waals surface area contributed by atoms with E-state index in [1.54, 1.807) is 17.9 Å². The molecule has 3 N–H and O–H groups in total. The number of carbonyl (C=O) groups excluding carboxylic acids is 2. The number of hydrogen-bond acceptors (Lipinski definition) is 7. The second-order valence-corrected chi connectivity index (χ2v) is 12.2. The van der Waals surface area contributed by atoms with Crippen molar-refractivity contribution in [2.75, 3.05) is 17.2 Å². The van der Waals surface area contributed by atoms with Gasteiger partial charge >= 0.3 is 0 Å². The lowest BCUT2D eigenvalue weighted by molar-refractivity contribution is -0.124. The van der Waals surface area contributed by atoms with Crippen LogP contribution in [-0.4, -0.2) is 55.2 Å². The smallest absolute Gasteiger partial charge is 0.282 e. The van der Waals surface area contributed by atoms with E-state index in [2.05, 4.69) is 31.2 Å². The molecular weight excluding hydrogens is 564 g/mol. The van der Waals surface area contributed by atoms with E-state index >= 15 is 0 Å². The van der Waals surface area contributed by atoms with Crippen LogP contribution in [0.2, 0.25) is 0 Å². The zero-order valence-corrected chi connectivity index (χ0v) is 23.1. The Morgan fingerprint density at radius 3 is 2.61 bits per heavy atom. The first-order chi connectivity index (χ1) is 19.7. The van der Waals surface area contributed by atoms with Gasteiger partial charge in [-0.2, -0.15) is 5.10 Å². The molecule has 3 aliphatic rings. The number of fused-ring (bicyclic) bond motifs is 1. The number of alkyl halides is 4. The standard InChI is InChI=1S/C26H30F4N8O2S/c1-37-20(9-18(36-37)22(29)30)33-26-35-32-11-38(26)16-2-3-19-17(8-16)21(24(40)31-10-12-4-14(27)5-12)25(41-19)34-23(39)13-6-15(28)7-13/h9,11-16,22H,2-8,10H2,1H3,(H,31,40)(H,33,35)(H,34,39)/t12-,13-,14-,15+,16-/m0/s1. The molecule has 0 spiro atoms. The maximum atomic E-state index is 13.5. The molecule has 220 valence electrons. The van der Waals surface area contributed by atoms with Crippen LogP contribution in [0.1, 0.15) is 71.1 Å². The van der Waals surface area contributed by atoms with Crippen molar-refractivity contribution in [2.24, 2.45) is 18.9 Å². The number of carbonyl (C=O) groups is 2. The van der Waals surface area contributed by atoms with Crippen LogP contribution in [0.25, 0.3) is 0 Å². The predicted molar refractivity (Wildman–Crippen MR) is 143 cm³/mol. The highest BCUT2D eigenvalue weighted by atomic mass is 32.1. The zero-order valence-electron chi connectivity index (χ0n) is 22.2. The topological polar surface area (TPSA) is 119 Å². The number of thiophene rings is 1. The van der Waals surface area contributed by atoms with Gasteiger partial charge < -0.3 is 16.0 Å². The normalized spacial score (nSPS) is 25.3. The molecule has 41 heavy (non-hydrogen) atoms. The Morgan fingerprint density at radius 2 is 1.93 bits per heavy atom. The molecule has 2 amide bonds. The molecule has 0 radical (unpaired) electrons. The Bertz CT molecular complexity index is 1440. The average Bonchev–Trinajstić information content (AvgIpc) is 3.60. The molecule has 2 saturated carbocycles. The first-order valence-electron chi connectivity index (χ1n) is 13.7. The van der Waals surface area contributed by atoms with Crippen molar-refractivity contribution in [1.82, 2.24) is 29.9 Å². The summed E-state index contributed by atoms with van der Waals surface area (Å²) in [7, 11) is 1.54. The van der Waals surface area contributed by atoms with Gasteiger partial charge in [-0.1, -0.05) is 0 Å². The number of hydrogen-bond donors (Lipinski definition) is 3. The van der Waals surface area contributed by atoms with Crippen LogP contribution in [0.5, 0.6) is 0 Å². The molecule has 3 aromatic rings. The third kappa shape index (κ3) is 5.55. The maximum absolute atomic E-state index is 13.5. The highest BCUT2D eigenvalue weighted by Gasteiger charge is 2.37. The van der Waals surface area contributed by atoms with Crippen LogP contribution >= 0.6 is 11.3 Å². The van der Waals surface area contributed by atoms with Crippen LogP contribution in [0.15, 0.2) is 12.4 Å². The number of aryl methyl sites for hydroxylation is 2. The van der Waals surface area contributed by atoms with E-state index in [1.165, 1.54) is 22.1 Å². The van der Waals surface area contributed by atoms with Crippen molar-refractivity contribution >= 4 is 39.9 Å². The predicted octanol–water partition coefficient (Wildman–Crippen LogP) is 4.65. The molecule has 3 aliphatic carbocycles. The molecule has 0 aromatic carbocycles. The molecular formula is C26H30F4N8O2S. The number of nitrogens with one attached hydrogen (secondary N) is 3. The largest absolute Gasteiger partial charge is 0.352 e. The first-order valence-corrected chi connectivity index (χ1v) is 14.5. The van der Waals surface area contributed by atoms with E-state index in [0.29, 0.717) is 61.0 Å².